The molecule has 5 aromatic carbocycles. The molecule has 33 heavy (non-hydrogen) atoms. The van der Waals surface area contributed by atoms with Crippen molar-refractivity contribution in [2.75, 3.05) is 0 Å². The summed E-state index contributed by atoms with van der Waals surface area (Å²) in [7, 11) is -0.386. The van der Waals surface area contributed by atoms with Crippen LogP contribution >= 0.6 is 7.92 Å². The van der Waals surface area contributed by atoms with Crippen LogP contribution < -0.4 is 5.73 Å². The highest BCUT2D eigenvalue weighted by molar-refractivity contribution is 7.56. The summed E-state index contributed by atoms with van der Waals surface area (Å²) < 4.78 is 0. The van der Waals surface area contributed by atoms with Crippen LogP contribution in [0.15, 0.2) is 103 Å². The van der Waals surface area contributed by atoms with Gasteiger partial charge in [0.25, 0.3) is 0 Å². The Morgan fingerprint density at radius 3 is 1.61 bits per heavy atom. The maximum Gasteiger partial charge on any atom is 0.0197 e. The fourth-order valence-corrected chi connectivity index (χ4v) is 8.84. The van der Waals surface area contributed by atoms with Crippen LogP contribution in [0.25, 0.3) is 32.7 Å². The molecule has 2 heteroatoms. The Morgan fingerprint density at radius 2 is 1.09 bits per heavy atom. The lowest BCUT2D eigenvalue weighted by Gasteiger charge is -2.31. The van der Waals surface area contributed by atoms with Crippen LogP contribution in [0.2, 0.25) is 0 Å². The van der Waals surface area contributed by atoms with Gasteiger partial charge in [-0.3, -0.25) is 0 Å². The fraction of sp³-hybridized carbons (Fsp3) is 0.161. The van der Waals surface area contributed by atoms with Gasteiger partial charge in [0, 0.05) is 11.7 Å². The summed E-state index contributed by atoms with van der Waals surface area (Å²) >= 11 is 0. The van der Waals surface area contributed by atoms with Crippen molar-refractivity contribution in [3.8, 4) is 11.1 Å². The summed E-state index contributed by atoms with van der Waals surface area (Å²) in [5, 5.41) is 5.35. The van der Waals surface area contributed by atoms with Crippen molar-refractivity contribution < 1.29 is 0 Å². The molecule has 1 aliphatic rings. The third-order valence-corrected chi connectivity index (χ3v) is 10.1. The zero-order valence-electron chi connectivity index (χ0n) is 18.9. The van der Waals surface area contributed by atoms with Crippen molar-refractivity contribution in [2.24, 2.45) is 5.73 Å². The number of hydrogen-bond acceptors (Lipinski definition) is 1. The monoisotopic (exact) mass is 445 g/mol. The molecule has 0 amide bonds. The molecule has 1 nitrogen and oxygen atoms in total. The van der Waals surface area contributed by atoms with Crippen LogP contribution in [0.3, 0.4) is 0 Å². The van der Waals surface area contributed by atoms with E-state index >= 15 is 0 Å². The molecule has 0 fully saturated rings. The van der Waals surface area contributed by atoms with Gasteiger partial charge in [0.15, 0.2) is 0 Å². The molecule has 0 spiro atoms. The minimum atomic E-state index is -0.386. The molecule has 1 heterocycles. The third kappa shape index (κ3) is 3.57. The summed E-state index contributed by atoms with van der Waals surface area (Å²) in [5.41, 5.74) is 14.2. The Kier molecular flexibility index (Phi) is 5.25. The second kappa shape index (κ2) is 8.41. The highest BCUT2D eigenvalue weighted by Gasteiger charge is 2.31. The van der Waals surface area contributed by atoms with E-state index < -0.39 is 0 Å². The highest BCUT2D eigenvalue weighted by atomic mass is 31.1. The van der Waals surface area contributed by atoms with E-state index in [1.54, 1.807) is 0 Å². The number of rotatable bonds is 3. The van der Waals surface area contributed by atoms with Gasteiger partial charge in [0.1, 0.15) is 0 Å². The minimum Gasteiger partial charge on any atom is -0.327 e. The largest absolute Gasteiger partial charge is 0.327 e. The first kappa shape index (κ1) is 20.6. The Balaban J connectivity index is 1.64. The molecule has 0 aromatic heterocycles. The minimum absolute atomic E-state index is 0.115. The zero-order valence-corrected chi connectivity index (χ0v) is 19.8. The molecule has 162 valence electrons. The molecule has 0 saturated heterocycles. The Labute approximate surface area is 197 Å². The van der Waals surface area contributed by atoms with Crippen molar-refractivity contribution in [1.82, 2.24) is 0 Å². The normalized spacial score (nSPS) is 15.6. The van der Waals surface area contributed by atoms with Gasteiger partial charge in [-0.2, -0.15) is 0 Å². The van der Waals surface area contributed by atoms with Crippen molar-refractivity contribution >= 4 is 29.5 Å². The van der Waals surface area contributed by atoms with Crippen molar-refractivity contribution in [2.45, 2.75) is 30.9 Å². The second-order valence-corrected chi connectivity index (χ2v) is 11.6. The maximum atomic E-state index is 6.69. The van der Waals surface area contributed by atoms with Gasteiger partial charge in [-0.05, 0) is 68.6 Å². The lowest BCUT2D eigenvalue weighted by atomic mass is 9.88. The van der Waals surface area contributed by atoms with Crippen LogP contribution in [0.5, 0.6) is 0 Å². The van der Waals surface area contributed by atoms with E-state index in [0.717, 1.165) is 12.3 Å². The summed E-state index contributed by atoms with van der Waals surface area (Å²) in [4.78, 5) is 0. The predicted octanol–water partition coefficient (Wildman–Crippen LogP) is 8.24. The van der Waals surface area contributed by atoms with Crippen LogP contribution in [-0.2, 0) is 12.3 Å². The van der Waals surface area contributed by atoms with Crippen LogP contribution in [0.4, 0.5) is 0 Å². The zero-order chi connectivity index (χ0) is 22.4. The lowest BCUT2D eigenvalue weighted by Crippen LogP contribution is -2.24. The van der Waals surface area contributed by atoms with Crippen LogP contribution in [0.1, 0.15) is 29.3 Å². The molecule has 2 N–H and O–H groups in total. The molecule has 0 radical (unpaired) electrons. The molecular formula is C31H28NP. The number of fused-ring (bicyclic) bond motifs is 7. The molecule has 2 atom stereocenters. The number of benzene rings is 5. The molecule has 5 aromatic rings. The maximum absolute atomic E-state index is 6.69. The fourth-order valence-electron chi connectivity index (χ4n) is 5.67. The Bertz CT molecular complexity index is 1370. The van der Waals surface area contributed by atoms with Gasteiger partial charge in [-0.25, -0.2) is 0 Å². The van der Waals surface area contributed by atoms with Crippen molar-refractivity contribution in [3.05, 3.63) is 120 Å². The highest BCUT2D eigenvalue weighted by Crippen LogP contribution is 2.61. The van der Waals surface area contributed by atoms with E-state index in [-0.39, 0.29) is 14.0 Å². The standard InChI is InChI=1S/C31H28NP/c1-21(32)31(24-11-3-2-4-12-24)33-19-25-17-15-22-9-5-7-13-27(22)29(25)30-26(20-33)18-16-23-10-6-8-14-28(23)30/h2-18,21,31H,19-20,32H2,1H3/t21-,31+/m0/s1. The molecule has 0 unspecified atom stereocenters. The van der Waals surface area contributed by atoms with E-state index in [1.807, 2.05) is 0 Å². The average molecular weight is 446 g/mol. The molecule has 0 aliphatic carbocycles. The summed E-state index contributed by atoms with van der Waals surface area (Å²) in [6.07, 6.45) is 2.19. The van der Waals surface area contributed by atoms with Crippen LogP contribution in [-0.4, -0.2) is 6.04 Å². The van der Waals surface area contributed by atoms with Gasteiger partial charge in [0.2, 0.25) is 0 Å². The summed E-state index contributed by atoms with van der Waals surface area (Å²) in [5.74, 6) is 0. The topological polar surface area (TPSA) is 26.0 Å². The molecule has 0 bridgehead atoms. The smallest absolute Gasteiger partial charge is 0.0197 e. The number of nitrogens with two attached hydrogens (primary N) is 1. The average Bonchev–Trinajstić information content (AvgIpc) is 3.01. The summed E-state index contributed by atoms with van der Waals surface area (Å²) in [6, 6.07) is 38.2. The van der Waals surface area contributed by atoms with E-state index in [4.69, 9.17) is 5.73 Å². The lowest BCUT2D eigenvalue weighted by molar-refractivity contribution is 0.709. The van der Waals surface area contributed by atoms with Gasteiger partial charge in [0.05, 0.1) is 0 Å². The SMILES string of the molecule is C[C@H](N)[C@H](c1ccccc1)P1Cc2ccc3ccccc3c2-c2c(ccc3ccccc23)C1. The van der Waals surface area contributed by atoms with Crippen molar-refractivity contribution in [1.29, 1.82) is 0 Å². The van der Waals surface area contributed by atoms with Crippen LogP contribution in [0, 0.1) is 0 Å². The first-order chi connectivity index (χ1) is 16.2. The second-order valence-electron chi connectivity index (χ2n) is 9.26. The van der Waals surface area contributed by atoms with Gasteiger partial charge in [-0.15, -0.1) is 0 Å². The number of hydrogen-bond donors (Lipinski definition) is 1. The Hall–Kier alpha value is -2.99. The van der Waals surface area contributed by atoms with Gasteiger partial charge >= 0.3 is 0 Å². The first-order valence-electron chi connectivity index (χ1n) is 11.8. The van der Waals surface area contributed by atoms with Gasteiger partial charge in [-0.1, -0.05) is 111 Å². The first-order valence-corrected chi connectivity index (χ1v) is 13.5. The van der Waals surface area contributed by atoms with E-state index in [9.17, 15) is 0 Å². The third-order valence-electron chi connectivity index (χ3n) is 7.06. The van der Waals surface area contributed by atoms with E-state index in [1.165, 1.54) is 49.4 Å². The summed E-state index contributed by atoms with van der Waals surface area (Å²) in [6.45, 7) is 2.19. The molecule has 0 saturated carbocycles. The van der Waals surface area contributed by atoms with Gasteiger partial charge < -0.3 is 5.73 Å². The Morgan fingerprint density at radius 1 is 0.606 bits per heavy atom. The molecule has 1 aliphatic heterocycles. The molecular weight excluding hydrogens is 417 g/mol. The quantitative estimate of drug-likeness (QED) is 0.278. The molecule has 6 rings (SSSR count). The van der Waals surface area contributed by atoms with E-state index in [0.29, 0.717) is 5.66 Å². The van der Waals surface area contributed by atoms with Crippen molar-refractivity contribution in [3.63, 3.8) is 0 Å². The predicted molar refractivity (Wildman–Crippen MR) is 144 cm³/mol. The van der Waals surface area contributed by atoms with E-state index in [2.05, 4.69) is 110 Å².